The normalized spacial score (nSPS) is 14.9. The first-order valence-corrected chi connectivity index (χ1v) is 5.93. The van der Waals surface area contributed by atoms with Crippen LogP contribution < -0.4 is 0 Å². The molecule has 4 nitrogen and oxygen atoms in total. The topological polar surface area (TPSA) is 44.8 Å². The Hall–Kier alpha value is -0.610. The lowest BCUT2D eigenvalue weighted by molar-refractivity contribution is -0.195. The van der Waals surface area contributed by atoms with Gasteiger partial charge < -0.3 is 14.2 Å². The molecular formula is C12H24O4. The lowest BCUT2D eigenvalue weighted by Gasteiger charge is -2.28. The molecule has 96 valence electrons. The van der Waals surface area contributed by atoms with Gasteiger partial charge in [0.05, 0.1) is 7.11 Å². The maximum Gasteiger partial charge on any atom is 0.314 e. The van der Waals surface area contributed by atoms with Crippen LogP contribution in [0.25, 0.3) is 0 Å². The first kappa shape index (κ1) is 15.4. The number of ether oxygens (including phenoxy) is 3. The summed E-state index contributed by atoms with van der Waals surface area (Å²) in [7, 11) is 1.40. The molecule has 0 spiro atoms. The molecule has 0 heterocycles. The molecule has 0 aromatic heterocycles. The molecule has 0 saturated carbocycles. The van der Waals surface area contributed by atoms with E-state index >= 15 is 0 Å². The molecule has 0 aromatic carbocycles. The molecule has 2 unspecified atom stereocenters. The summed E-state index contributed by atoms with van der Waals surface area (Å²) in [6.45, 7) is 8.86. The minimum absolute atomic E-state index is 0.176. The van der Waals surface area contributed by atoms with Gasteiger partial charge in [-0.25, -0.2) is 0 Å². The number of methoxy groups -OCH3 is 1. The summed E-state index contributed by atoms with van der Waals surface area (Å²) in [4.78, 5) is 11.7. The number of hydrogen-bond donors (Lipinski definition) is 0. The van der Waals surface area contributed by atoms with Gasteiger partial charge >= 0.3 is 5.97 Å². The van der Waals surface area contributed by atoms with E-state index in [1.165, 1.54) is 7.11 Å². The van der Waals surface area contributed by atoms with Crippen LogP contribution in [0.3, 0.4) is 0 Å². The Kier molecular flexibility index (Phi) is 8.21. The van der Waals surface area contributed by atoms with Gasteiger partial charge in [-0.2, -0.15) is 0 Å². The van der Waals surface area contributed by atoms with Crippen molar-refractivity contribution in [3.05, 3.63) is 0 Å². The molecule has 0 aliphatic heterocycles. The lowest BCUT2D eigenvalue weighted by Crippen LogP contribution is -2.38. The summed E-state index contributed by atoms with van der Waals surface area (Å²) >= 11 is 0. The number of carbonyl (C=O) groups excluding carboxylic acids is 1. The first-order valence-electron chi connectivity index (χ1n) is 5.93. The Morgan fingerprint density at radius 1 is 1.12 bits per heavy atom. The van der Waals surface area contributed by atoms with Crippen molar-refractivity contribution in [2.75, 3.05) is 20.3 Å². The van der Waals surface area contributed by atoms with Crippen molar-refractivity contribution >= 4 is 5.97 Å². The quantitative estimate of drug-likeness (QED) is 0.475. The molecule has 0 saturated heterocycles. The van der Waals surface area contributed by atoms with Crippen molar-refractivity contribution in [1.82, 2.24) is 0 Å². The van der Waals surface area contributed by atoms with Crippen LogP contribution in [0, 0.1) is 11.8 Å². The zero-order chi connectivity index (χ0) is 12.6. The van der Waals surface area contributed by atoms with Crippen LogP contribution >= 0.6 is 0 Å². The predicted octanol–water partition coefficient (Wildman–Crippen LogP) is 2.22. The van der Waals surface area contributed by atoms with Gasteiger partial charge in [0.15, 0.2) is 6.29 Å². The average Bonchev–Trinajstić information content (AvgIpc) is 2.29. The van der Waals surface area contributed by atoms with Crippen LogP contribution in [0.2, 0.25) is 0 Å². The summed E-state index contributed by atoms with van der Waals surface area (Å²) < 4.78 is 15.7. The molecule has 0 aliphatic carbocycles. The molecule has 0 bridgehead atoms. The third kappa shape index (κ3) is 4.49. The molecule has 0 aromatic rings. The largest absolute Gasteiger partial charge is 0.469 e. The fourth-order valence-electron chi connectivity index (χ4n) is 1.59. The lowest BCUT2D eigenvalue weighted by atomic mass is 9.91. The second-order valence-electron chi connectivity index (χ2n) is 3.71. The third-order valence-electron chi connectivity index (χ3n) is 2.69. The van der Waals surface area contributed by atoms with Crippen LogP contribution in [0.15, 0.2) is 0 Å². The zero-order valence-corrected chi connectivity index (χ0v) is 11.0. The minimum atomic E-state index is -0.502. The summed E-state index contributed by atoms with van der Waals surface area (Å²) in [6.07, 6.45) is 0.383. The van der Waals surface area contributed by atoms with Crippen LogP contribution in [0.4, 0.5) is 0 Å². The number of carbonyl (C=O) groups is 1. The highest BCUT2D eigenvalue weighted by Crippen LogP contribution is 2.23. The highest BCUT2D eigenvalue weighted by atomic mass is 16.7. The van der Waals surface area contributed by atoms with E-state index in [1.54, 1.807) is 0 Å². The van der Waals surface area contributed by atoms with E-state index in [1.807, 2.05) is 27.7 Å². The van der Waals surface area contributed by atoms with Gasteiger partial charge in [0.1, 0.15) is 5.92 Å². The van der Waals surface area contributed by atoms with E-state index in [-0.39, 0.29) is 17.8 Å². The number of hydrogen-bond acceptors (Lipinski definition) is 4. The van der Waals surface area contributed by atoms with E-state index in [9.17, 15) is 4.79 Å². The molecule has 0 aliphatic rings. The Morgan fingerprint density at radius 3 is 1.94 bits per heavy atom. The molecule has 0 radical (unpaired) electrons. The Bertz CT molecular complexity index is 187. The van der Waals surface area contributed by atoms with Gasteiger partial charge in [0.25, 0.3) is 0 Å². The fourth-order valence-corrected chi connectivity index (χ4v) is 1.59. The number of rotatable bonds is 8. The highest BCUT2D eigenvalue weighted by Gasteiger charge is 2.34. The number of esters is 1. The molecule has 4 heteroatoms. The van der Waals surface area contributed by atoms with E-state index in [0.717, 1.165) is 6.42 Å². The Labute approximate surface area is 98.3 Å². The summed E-state index contributed by atoms with van der Waals surface area (Å²) in [5, 5.41) is 0. The van der Waals surface area contributed by atoms with Crippen molar-refractivity contribution in [3.8, 4) is 0 Å². The van der Waals surface area contributed by atoms with Crippen LogP contribution in [-0.2, 0) is 19.0 Å². The van der Waals surface area contributed by atoms with E-state index in [2.05, 4.69) is 0 Å². The zero-order valence-electron chi connectivity index (χ0n) is 11.0. The van der Waals surface area contributed by atoms with Crippen LogP contribution in [0.1, 0.15) is 34.1 Å². The van der Waals surface area contributed by atoms with Crippen LogP contribution in [0.5, 0.6) is 0 Å². The predicted molar refractivity (Wildman–Crippen MR) is 62.0 cm³/mol. The van der Waals surface area contributed by atoms with Gasteiger partial charge in [0.2, 0.25) is 0 Å². The molecular weight excluding hydrogens is 208 g/mol. The molecule has 0 fully saturated rings. The maximum absolute atomic E-state index is 11.7. The summed E-state index contributed by atoms with van der Waals surface area (Å²) in [6, 6.07) is 0. The van der Waals surface area contributed by atoms with E-state index in [0.29, 0.717) is 13.2 Å². The standard InChI is InChI=1S/C12H24O4/c1-6-9(4)10(11(13)14-5)12(15-7-2)16-8-3/h9-10,12H,6-8H2,1-5H3. The summed E-state index contributed by atoms with van der Waals surface area (Å²) in [5.74, 6) is -0.438. The molecule has 0 amide bonds. The monoisotopic (exact) mass is 232 g/mol. The smallest absolute Gasteiger partial charge is 0.314 e. The third-order valence-corrected chi connectivity index (χ3v) is 2.69. The Morgan fingerprint density at radius 2 is 1.62 bits per heavy atom. The van der Waals surface area contributed by atoms with E-state index in [4.69, 9.17) is 14.2 Å². The van der Waals surface area contributed by atoms with Gasteiger partial charge in [-0.05, 0) is 19.8 Å². The van der Waals surface area contributed by atoms with Crippen molar-refractivity contribution in [1.29, 1.82) is 0 Å². The summed E-state index contributed by atoms with van der Waals surface area (Å²) in [5.41, 5.74) is 0. The van der Waals surface area contributed by atoms with Gasteiger partial charge in [-0.1, -0.05) is 20.3 Å². The second kappa shape index (κ2) is 8.53. The second-order valence-corrected chi connectivity index (χ2v) is 3.71. The molecule has 2 atom stereocenters. The maximum atomic E-state index is 11.7. The van der Waals surface area contributed by atoms with Gasteiger partial charge in [-0.3, -0.25) is 4.79 Å². The van der Waals surface area contributed by atoms with Crippen molar-refractivity contribution < 1.29 is 19.0 Å². The minimum Gasteiger partial charge on any atom is -0.469 e. The van der Waals surface area contributed by atoms with Crippen molar-refractivity contribution in [3.63, 3.8) is 0 Å². The fraction of sp³-hybridized carbons (Fsp3) is 0.917. The Balaban J connectivity index is 4.72. The molecule has 16 heavy (non-hydrogen) atoms. The molecule has 0 N–H and O–H groups in total. The SMILES string of the molecule is CCOC(OCC)C(C(=O)OC)C(C)CC. The van der Waals surface area contributed by atoms with Crippen LogP contribution in [-0.4, -0.2) is 32.6 Å². The van der Waals surface area contributed by atoms with Gasteiger partial charge in [0, 0.05) is 13.2 Å². The van der Waals surface area contributed by atoms with E-state index < -0.39 is 6.29 Å². The first-order chi connectivity index (χ1) is 7.62. The van der Waals surface area contributed by atoms with Crippen molar-refractivity contribution in [2.24, 2.45) is 11.8 Å². The average molecular weight is 232 g/mol. The molecule has 0 rings (SSSR count). The van der Waals surface area contributed by atoms with Crippen molar-refractivity contribution in [2.45, 2.75) is 40.4 Å². The van der Waals surface area contributed by atoms with Gasteiger partial charge in [-0.15, -0.1) is 0 Å². The highest BCUT2D eigenvalue weighted by molar-refractivity contribution is 5.73.